The van der Waals surface area contributed by atoms with Gasteiger partial charge in [-0.2, -0.15) is 4.31 Å². The highest BCUT2D eigenvalue weighted by atomic mass is 32.2. The fraction of sp³-hybridized carbons (Fsp3) is 0.444. The molecule has 1 amide bonds. The van der Waals surface area contributed by atoms with Crippen molar-refractivity contribution in [2.45, 2.75) is 63.0 Å². The maximum atomic E-state index is 13.2. The Morgan fingerprint density at radius 2 is 1.51 bits per heavy atom. The fourth-order valence-electron chi connectivity index (χ4n) is 3.69. The van der Waals surface area contributed by atoms with E-state index in [0.717, 1.165) is 5.56 Å². The molecule has 0 atom stereocenters. The van der Waals surface area contributed by atoms with Crippen molar-refractivity contribution in [1.82, 2.24) is 14.5 Å². The number of hydrogen-bond donors (Lipinski definition) is 1. The molecule has 0 spiro atoms. The Morgan fingerprint density at radius 3 is 2.05 bits per heavy atom. The lowest BCUT2D eigenvalue weighted by Gasteiger charge is -2.25. The van der Waals surface area contributed by atoms with Crippen LogP contribution in [0, 0.1) is 11.8 Å². The number of carbonyl (C=O) groups excluding carboxylic acids is 1. The van der Waals surface area contributed by atoms with Crippen molar-refractivity contribution in [2.75, 3.05) is 18.4 Å². The largest absolute Gasteiger partial charge is 0.407 e. The van der Waals surface area contributed by atoms with Crippen molar-refractivity contribution in [3.63, 3.8) is 0 Å². The lowest BCUT2D eigenvalue weighted by molar-refractivity contribution is 0.102. The van der Waals surface area contributed by atoms with Gasteiger partial charge in [-0.05, 0) is 53.8 Å². The first-order valence-electron chi connectivity index (χ1n) is 12.4. The fourth-order valence-corrected chi connectivity index (χ4v) is 6.29. The molecular formula is C27H36N4O4S2. The average Bonchev–Trinajstić information content (AvgIpc) is 3.25. The minimum atomic E-state index is -3.67. The maximum absolute atomic E-state index is 13.2. The second-order valence-corrected chi connectivity index (χ2v) is 13.7. The molecule has 0 saturated heterocycles. The number of nitrogens with zero attached hydrogens (tertiary/aromatic N) is 3. The predicted octanol–water partition coefficient (Wildman–Crippen LogP) is 5.72. The van der Waals surface area contributed by atoms with Crippen LogP contribution in [0.1, 0.15) is 63.4 Å². The molecular weight excluding hydrogens is 508 g/mol. The highest BCUT2D eigenvalue weighted by molar-refractivity contribution is 7.99. The number of carbonyl (C=O) groups is 1. The van der Waals surface area contributed by atoms with Crippen molar-refractivity contribution in [3.8, 4) is 0 Å². The van der Waals surface area contributed by atoms with Crippen molar-refractivity contribution >= 4 is 33.7 Å². The average molecular weight is 545 g/mol. The number of thioether (sulfide) groups is 1. The smallest absolute Gasteiger partial charge is 0.322 e. The van der Waals surface area contributed by atoms with Crippen molar-refractivity contribution < 1.29 is 17.6 Å². The third-order valence-electron chi connectivity index (χ3n) is 5.23. The van der Waals surface area contributed by atoms with Gasteiger partial charge in [-0.25, -0.2) is 8.42 Å². The normalized spacial score (nSPS) is 12.2. The van der Waals surface area contributed by atoms with Gasteiger partial charge < -0.3 is 4.42 Å². The van der Waals surface area contributed by atoms with E-state index in [-0.39, 0.29) is 28.3 Å². The molecule has 1 aromatic heterocycles. The summed E-state index contributed by atoms with van der Waals surface area (Å²) in [6.07, 6.45) is 0.450. The van der Waals surface area contributed by atoms with E-state index in [1.54, 1.807) is 11.8 Å². The van der Waals surface area contributed by atoms with Crippen LogP contribution in [-0.4, -0.2) is 47.2 Å². The molecule has 1 heterocycles. The van der Waals surface area contributed by atoms with E-state index in [9.17, 15) is 13.2 Å². The summed E-state index contributed by atoms with van der Waals surface area (Å²) in [6, 6.07) is 14.0. The van der Waals surface area contributed by atoms with Gasteiger partial charge in [-0.15, -0.1) is 16.9 Å². The summed E-state index contributed by atoms with van der Waals surface area (Å²) in [5, 5.41) is 11.0. The first kappa shape index (κ1) is 28.9. The van der Waals surface area contributed by atoms with Gasteiger partial charge in [0, 0.05) is 28.8 Å². The van der Waals surface area contributed by atoms with Gasteiger partial charge in [0.05, 0.1) is 11.3 Å². The van der Waals surface area contributed by atoms with E-state index in [1.807, 2.05) is 39.8 Å². The number of anilines is 1. The Labute approximate surface area is 224 Å². The second-order valence-electron chi connectivity index (χ2n) is 10.1. The Balaban J connectivity index is 1.64. The van der Waals surface area contributed by atoms with Gasteiger partial charge in [-0.1, -0.05) is 58.8 Å². The Bertz CT molecular complexity index is 1260. The highest BCUT2D eigenvalue weighted by Crippen LogP contribution is 2.24. The van der Waals surface area contributed by atoms with Crippen LogP contribution in [0.25, 0.3) is 0 Å². The topological polar surface area (TPSA) is 105 Å². The highest BCUT2D eigenvalue weighted by Gasteiger charge is 2.26. The summed E-state index contributed by atoms with van der Waals surface area (Å²) in [5.41, 5.74) is 1.31. The molecule has 10 heteroatoms. The number of amides is 1. The van der Waals surface area contributed by atoms with Crippen LogP contribution in [0.4, 0.5) is 6.01 Å². The van der Waals surface area contributed by atoms with Gasteiger partial charge in [-0.3, -0.25) is 10.1 Å². The molecule has 0 aliphatic carbocycles. The summed E-state index contributed by atoms with van der Waals surface area (Å²) < 4.78 is 33.5. The molecule has 3 aromatic rings. The van der Waals surface area contributed by atoms with Crippen LogP contribution in [0.2, 0.25) is 0 Å². The van der Waals surface area contributed by atoms with Crippen LogP contribution in [-0.2, 0) is 16.4 Å². The SMILES string of the molecule is CC(C)CN(CC(C)C)S(=O)(=O)c1ccc(C(=O)Nc2nnc(Cc3ccc(SC(C)C)cc3)o2)cc1. The zero-order valence-electron chi connectivity index (χ0n) is 22.3. The Morgan fingerprint density at radius 1 is 0.919 bits per heavy atom. The van der Waals surface area contributed by atoms with E-state index >= 15 is 0 Å². The minimum absolute atomic E-state index is 0.0104. The zero-order valence-corrected chi connectivity index (χ0v) is 23.9. The van der Waals surface area contributed by atoms with Gasteiger partial charge in [0.2, 0.25) is 15.9 Å². The molecule has 0 radical (unpaired) electrons. The van der Waals surface area contributed by atoms with Gasteiger partial charge in [0.15, 0.2) is 0 Å². The number of rotatable bonds is 12. The van der Waals surface area contributed by atoms with Crippen LogP contribution in [0.15, 0.2) is 62.7 Å². The lowest BCUT2D eigenvalue weighted by Crippen LogP contribution is -2.37. The van der Waals surface area contributed by atoms with Crippen LogP contribution >= 0.6 is 11.8 Å². The maximum Gasteiger partial charge on any atom is 0.322 e. The lowest BCUT2D eigenvalue weighted by atomic mass is 10.1. The number of benzene rings is 2. The van der Waals surface area contributed by atoms with Crippen molar-refractivity contribution in [2.24, 2.45) is 11.8 Å². The molecule has 0 fully saturated rings. The molecule has 1 N–H and O–H groups in total. The molecule has 37 heavy (non-hydrogen) atoms. The van der Waals surface area contributed by atoms with Crippen molar-refractivity contribution in [3.05, 3.63) is 65.5 Å². The van der Waals surface area contributed by atoms with Gasteiger partial charge in [0.1, 0.15) is 0 Å². The molecule has 200 valence electrons. The second kappa shape index (κ2) is 12.7. The van der Waals surface area contributed by atoms with Crippen LogP contribution in [0.3, 0.4) is 0 Å². The number of aromatic nitrogens is 2. The molecule has 0 unspecified atom stereocenters. The van der Waals surface area contributed by atoms with E-state index in [0.29, 0.717) is 30.7 Å². The standard InChI is InChI=1S/C27H36N4O4S2/c1-18(2)16-31(17-19(3)4)37(33,34)24-13-9-22(10-14-24)26(32)28-27-30-29-25(35-27)15-21-7-11-23(12-8-21)36-20(5)6/h7-14,18-20H,15-17H2,1-6H3,(H,28,30,32). The molecule has 0 bridgehead atoms. The molecule has 0 aliphatic heterocycles. The summed E-state index contributed by atoms with van der Waals surface area (Å²) in [7, 11) is -3.67. The molecule has 0 saturated carbocycles. The first-order valence-corrected chi connectivity index (χ1v) is 14.8. The van der Waals surface area contributed by atoms with E-state index < -0.39 is 15.9 Å². The van der Waals surface area contributed by atoms with Gasteiger partial charge >= 0.3 is 6.01 Å². The number of sulfonamides is 1. The minimum Gasteiger partial charge on any atom is -0.407 e. The van der Waals surface area contributed by atoms with E-state index in [2.05, 4.69) is 41.5 Å². The monoisotopic (exact) mass is 544 g/mol. The summed E-state index contributed by atoms with van der Waals surface area (Å²) in [4.78, 5) is 14.0. The quantitative estimate of drug-likeness (QED) is 0.291. The molecule has 8 nitrogen and oxygen atoms in total. The van der Waals surface area contributed by atoms with Gasteiger partial charge in [0.25, 0.3) is 5.91 Å². The zero-order chi connectivity index (χ0) is 27.2. The predicted molar refractivity (Wildman–Crippen MR) is 147 cm³/mol. The Kier molecular flexibility index (Phi) is 9.92. The third-order valence-corrected chi connectivity index (χ3v) is 8.09. The Hall–Kier alpha value is -2.69. The molecule has 0 aliphatic rings. The van der Waals surface area contributed by atoms with E-state index in [4.69, 9.17) is 4.42 Å². The number of hydrogen-bond acceptors (Lipinski definition) is 7. The molecule has 2 aromatic carbocycles. The number of nitrogens with one attached hydrogen (secondary N) is 1. The van der Waals surface area contributed by atoms with Crippen LogP contribution in [0.5, 0.6) is 0 Å². The summed E-state index contributed by atoms with van der Waals surface area (Å²) in [6.45, 7) is 13.1. The molecule has 3 rings (SSSR count). The van der Waals surface area contributed by atoms with Crippen molar-refractivity contribution in [1.29, 1.82) is 0 Å². The van der Waals surface area contributed by atoms with Crippen LogP contribution < -0.4 is 5.32 Å². The van der Waals surface area contributed by atoms with E-state index in [1.165, 1.54) is 33.5 Å². The third kappa shape index (κ3) is 8.41. The summed E-state index contributed by atoms with van der Waals surface area (Å²) in [5.74, 6) is 0.314. The summed E-state index contributed by atoms with van der Waals surface area (Å²) >= 11 is 1.80. The first-order chi connectivity index (χ1) is 17.4.